The van der Waals surface area contributed by atoms with Crippen LogP contribution in [-0.2, 0) is 0 Å². The Balaban J connectivity index is 1.29. The molecule has 0 radical (unpaired) electrons. The third-order valence-corrected chi connectivity index (χ3v) is 10.3. The van der Waals surface area contributed by atoms with E-state index in [1.165, 1.54) is 54.2 Å². The molecule has 0 fully saturated rings. The van der Waals surface area contributed by atoms with Gasteiger partial charge in [-0.3, -0.25) is 4.98 Å². The molecule has 3 heteroatoms. The van der Waals surface area contributed by atoms with E-state index in [1.807, 2.05) is 30.5 Å². The molecule has 0 aliphatic rings. The predicted octanol–water partition coefficient (Wildman–Crippen LogP) is 13.6. The summed E-state index contributed by atoms with van der Waals surface area (Å²) < 4.78 is 0. The fourth-order valence-corrected chi connectivity index (χ4v) is 8.02. The van der Waals surface area contributed by atoms with E-state index in [4.69, 9.17) is 4.98 Å². The van der Waals surface area contributed by atoms with Gasteiger partial charge in [-0.15, -0.1) is 0 Å². The van der Waals surface area contributed by atoms with Crippen molar-refractivity contribution in [2.45, 2.75) is 0 Å². The maximum atomic E-state index is 5.32. The van der Waals surface area contributed by atoms with Crippen molar-refractivity contribution < 1.29 is 0 Å². The number of fused-ring (bicyclic) bond motifs is 7. The number of para-hydroxylation sites is 2. The zero-order valence-electron chi connectivity index (χ0n) is 28.9. The Labute approximate surface area is 308 Å². The molecule has 0 aliphatic carbocycles. The maximum Gasteiger partial charge on any atom is 0.0893 e. The molecule has 0 spiro atoms. The van der Waals surface area contributed by atoms with Crippen LogP contribution in [0.5, 0.6) is 0 Å². The average Bonchev–Trinajstić information content (AvgIpc) is 3.24. The van der Waals surface area contributed by atoms with Crippen LogP contribution in [0.3, 0.4) is 0 Å². The monoisotopic (exact) mass is 675 g/mol. The van der Waals surface area contributed by atoms with Crippen LogP contribution in [0.25, 0.3) is 76.9 Å². The molecule has 0 saturated carbocycles. The van der Waals surface area contributed by atoms with Crippen LogP contribution in [0.15, 0.2) is 200 Å². The molecule has 53 heavy (non-hydrogen) atoms. The van der Waals surface area contributed by atoms with Gasteiger partial charge in [0.25, 0.3) is 0 Å². The Morgan fingerprint density at radius 2 is 0.755 bits per heavy atom. The summed E-state index contributed by atoms with van der Waals surface area (Å²) >= 11 is 0. The van der Waals surface area contributed by atoms with E-state index in [0.717, 1.165) is 39.7 Å². The van der Waals surface area contributed by atoms with Crippen molar-refractivity contribution in [3.8, 4) is 33.8 Å². The average molecular weight is 676 g/mol. The molecule has 2 aromatic heterocycles. The zero-order valence-corrected chi connectivity index (χ0v) is 28.9. The first kappa shape index (κ1) is 30.7. The van der Waals surface area contributed by atoms with E-state index in [1.54, 1.807) is 0 Å². The molecular weight excluding hydrogens is 643 g/mol. The molecule has 3 nitrogen and oxygen atoms in total. The van der Waals surface area contributed by atoms with Crippen molar-refractivity contribution in [3.05, 3.63) is 200 Å². The number of rotatable bonds is 6. The molecule has 0 amide bonds. The number of pyridine rings is 2. The van der Waals surface area contributed by atoms with Gasteiger partial charge in [-0.1, -0.05) is 133 Å². The Kier molecular flexibility index (Phi) is 7.47. The van der Waals surface area contributed by atoms with Crippen molar-refractivity contribution in [2.75, 3.05) is 4.90 Å². The Hall–Kier alpha value is -7.10. The highest BCUT2D eigenvalue weighted by Crippen LogP contribution is 2.49. The lowest BCUT2D eigenvalue weighted by Gasteiger charge is -2.26. The first-order valence-corrected chi connectivity index (χ1v) is 18.0. The van der Waals surface area contributed by atoms with E-state index in [2.05, 4.69) is 180 Å². The summed E-state index contributed by atoms with van der Waals surface area (Å²) in [5.74, 6) is 0. The topological polar surface area (TPSA) is 29.0 Å². The smallest absolute Gasteiger partial charge is 0.0893 e. The second kappa shape index (κ2) is 12.9. The molecule has 0 atom stereocenters. The van der Waals surface area contributed by atoms with Crippen molar-refractivity contribution in [1.29, 1.82) is 0 Å². The van der Waals surface area contributed by atoms with Gasteiger partial charge in [0.05, 0.1) is 17.1 Å². The number of hydrogen-bond acceptors (Lipinski definition) is 3. The summed E-state index contributed by atoms with van der Waals surface area (Å²) in [7, 11) is 0. The lowest BCUT2D eigenvalue weighted by Crippen LogP contribution is -2.09. The van der Waals surface area contributed by atoms with E-state index in [0.29, 0.717) is 0 Å². The molecule has 10 rings (SSSR count). The summed E-state index contributed by atoms with van der Waals surface area (Å²) in [6.45, 7) is 0. The number of aromatic nitrogens is 2. The van der Waals surface area contributed by atoms with Gasteiger partial charge in [0.2, 0.25) is 0 Å². The van der Waals surface area contributed by atoms with Gasteiger partial charge in [-0.2, -0.15) is 0 Å². The lowest BCUT2D eigenvalue weighted by molar-refractivity contribution is 1.25. The number of nitrogens with zero attached hydrogens (tertiary/aromatic N) is 3. The van der Waals surface area contributed by atoms with Crippen LogP contribution in [0.4, 0.5) is 17.1 Å². The molecule has 248 valence electrons. The van der Waals surface area contributed by atoms with Gasteiger partial charge in [-0.25, -0.2) is 4.98 Å². The van der Waals surface area contributed by atoms with E-state index in [9.17, 15) is 0 Å². The second-order valence-corrected chi connectivity index (χ2v) is 13.3. The molecule has 0 unspecified atom stereocenters. The first-order valence-electron chi connectivity index (χ1n) is 18.0. The van der Waals surface area contributed by atoms with Crippen LogP contribution in [0, 0.1) is 0 Å². The Morgan fingerprint density at radius 3 is 1.34 bits per heavy atom. The van der Waals surface area contributed by atoms with Crippen LogP contribution < -0.4 is 4.90 Å². The quantitative estimate of drug-likeness (QED) is 0.130. The SMILES string of the molecule is c1ccc(N(c2ccccc2)c2ccc(-c3c4ccccc4c(-c4cccc(-c5ccccn5)n4)c4c5ccccc5c5ccccc5c34)cc2)cc1. The molecule has 0 bridgehead atoms. The second-order valence-electron chi connectivity index (χ2n) is 13.3. The van der Waals surface area contributed by atoms with Crippen LogP contribution in [0.2, 0.25) is 0 Å². The molecule has 10 aromatic rings. The number of hydrogen-bond donors (Lipinski definition) is 0. The summed E-state index contributed by atoms with van der Waals surface area (Å²) in [5, 5.41) is 9.70. The molecule has 0 saturated heterocycles. The third kappa shape index (κ3) is 5.21. The highest BCUT2D eigenvalue weighted by Gasteiger charge is 2.23. The van der Waals surface area contributed by atoms with Crippen molar-refractivity contribution >= 4 is 60.2 Å². The normalized spacial score (nSPS) is 11.4. The third-order valence-electron chi connectivity index (χ3n) is 10.3. The summed E-state index contributed by atoms with van der Waals surface area (Å²) in [5.41, 5.74) is 9.49. The summed E-state index contributed by atoms with van der Waals surface area (Å²) in [6.07, 6.45) is 1.83. The van der Waals surface area contributed by atoms with Gasteiger partial charge in [-0.05, 0) is 109 Å². The summed E-state index contributed by atoms with van der Waals surface area (Å²) in [4.78, 5) is 12.3. The minimum atomic E-state index is 0.853. The number of benzene rings is 8. The van der Waals surface area contributed by atoms with Crippen LogP contribution in [0.1, 0.15) is 0 Å². The predicted molar refractivity (Wildman–Crippen MR) is 223 cm³/mol. The Bertz CT molecular complexity index is 2880. The van der Waals surface area contributed by atoms with Gasteiger partial charge in [0.15, 0.2) is 0 Å². The van der Waals surface area contributed by atoms with Crippen molar-refractivity contribution in [2.24, 2.45) is 0 Å². The van der Waals surface area contributed by atoms with Crippen molar-refractivity contribution in [1.82, 2.24) is 9.97 Å². The largest absolute Gasteiger partial charge is 0.311 e. The highest BCUT2D eigenvalue weighted by atomic mass is 15.1. The van der Waals surface area contributed by atoms with Gasteiger partial charge in [0.1, 0.15) is 0 Å². The van der Waals surface area contributed by atoms with Crippen LogP contribution >= 0.6 is 0 Å². The minimum Gasteiger partial charge on any atom is -0.311 e. The van der Waals surface area contributed by atoms with Gasteiger partial charge in [0, 0.05) is 34.2 Å². The van der Waals surface area contributed by atoms with Gasteiger partial charge >= 0.3 is 0 Å². The van der Waals surface area contributed by atoms with E-state index >= 15 is 0 Å². The fourth-order valence-electron chi connectivity index (χ4n) is 8.02. The molecule has 0 aliphatic heterocycles. The number of anilines is 3. The van der Waals surface area contributed by atoms with E-state index in [-0.39, 0.29) is 0 Å². The van der Waals surface area contributed by atoms with E-state index < -0.39 is 0 Å². The summed E-state index contributed by atoms with van der Waals surface area (Å²) in [6, 6.07) is 69.0. The Morgan fingerprint density at radius 1 is 0.302 bits per heavy atom. The molecular formula is C50H33N3. The molecule has 2 heterocycles. The molecule has 0 N–H and O–H groups in total. The lowest BCUT2D eigenvalue weighted by atomic mass is 9.82. The van der Waals surface area contributed by atoms with Crippen molar-refractivity contribution in [3.63, 3.8) is 0 Å². The maximum absolute atomic E-state index is 5.32. The zero-order chi connectivity index (χ0) is 35.1. The minimum absolute atomic E-state index is 0.853. The molecule has 8 aromatic carbocycles. The van der Waals surface area contributed by atoms with Crippen LogP contribution in [-0.4, -0.2) is 9.97 Å². The highest BCUT2D eigenvalue weighted by molar-refractivity contribution is 6.36. The first-order chi connectivity index (χ1) is 26.3. The standard InChI is InChI=1S/C50H33N3/c1-3-16-35(17-4-1)53(36-18-5-2-6-19-36)37-31-29-34(30-32-37)47-42-24-11-12-25-43(42)48(46-28-15-27-45(52-46)44-26-13-14-33-51-44)50-41-23-10-8-21-39(41)38-20-7-9-22-40(38)49(47)50/h1-33H. The van der Waals surface area contributed by atoms with Gasteiger partial charge < -0.3 is 4.90 Å². The fraction of sp³-hybridized carbons (Fsp3) is 0.